The van der Waals surface area contributed by atoms with Crippen LogP contribution in [0.1, 0.15) is 30.1 Å². The van der Waals surface area contributed by atoms with Crippen molar-refractivity contribution in [3.8, 4) is 11.5 Å². The minimum absolute atomic E-state index is 0.0742. The average molecular weight is 414 g/mol. The van der Waals surface area contributed by atoms with Gasteiger partial charge in [0, 0.05) is 12.0 Å². The molecule has 7 nitrogen and oxygen atoms in total. The molecule has 150 valence electrons. The third kappa shape index (κ3) is 5.26. The second-order valence-corrected chi connectivity index (χ2v) is 7.07. The van der Waals surface area contributed by atoms with Gasteiger partial charge in [0.2, 0.25) is 0 Å². The first-order valence-electron chi connectivity index (χ1n) is 8.05. The molecule has 0 fully saturated rings. The van der Waals surface area contributed by atoms with Gasteiger partial charge in [-0.25, -0.2) is 8.78 Å². The van der Waals surface area contributed by atoms with Gasteiger partial charge in [-0.1, -0.05) is 0 Å². The van der Waals surface area contributed by atoms with Crippen LogP contribution in [0.3, 0.4) is 0 Å². The molecule has 0 aliphatic heterocycles. The lowest BCUT2D eigenvalue weighted by Gasteiger charge is -2.13. The highest BCUT2D eigenvalue weighted by Gasteiger charge is 2.22. The van der Waals surface area contributed by atoms with Gasteiger partial charge in [-0.05, 0) is 43.3 Å². The van der Waals surface area contributed by atoms with Crippen molar-refractivity contribution in [1.82, 2.24) is 0 Å². The van der Waals surface area contributed by atoms with Crippen LogP contribution < -0.4 is 8.92 Å². The SMILES string of the molecule is CCOc1cc(C(=O)CCC(=O)O)ccc1OS(=O)(=O)c1ccc(F)c(F)c1. The largest absolute Gasteiger partial charge is 0.490 e. The highest BCUT2D eigenvalue weighted by molar-refractivity contribution is 7.87. The van der Waals surface area contributed by atoms with Crippen molar-refractivity contribution in [2.45, 2.75) is 24.7 Å². The number of hydrogen-bond acceptors (Lipinski definition) is 6. The third-order valence-electron chi connectivity index (χ3n) is 3.51. The Balaban J connectivity index is 2.32. The smallest absolute Gasteiger partial charge is 0.339 e. The highest BCUT2D eigenvalue weighted by Crippen LogP contribution is 2.32. The van der Waals surface area contributed by atoms with Gasteiger partial charge in [0.25, 0.3) is 0 Å². The zero-order valence-corrected chi connectivity index (χ0v) is 15.5. The van der Waals surface area contributed by atoms with Gasteiger partial charge in [0.05, 0.1) is 13.0 Å². The molecule has 10 heteroatoms. The summed E-state index contributed by atoms with van der Waals surface area (Å²) in [5.41, 5.74) is 0.113. The van der Waals surface area contributed by atoms with E-state index in [0.717, 1.165) is 12.1 Å². The topological polar surface area (TPSA) is 107 Å². The van der Waals surface area contributed by atoms with E-state index in [1.54, 1.807) is 6.92 Å². The Morgan fingerprint density at radius 3 is 2.32 bits per heavy atom. The van der Waals surface area contributed by atoms with E-state index in [9.17, 15) is 26.8 Å². The average Bonchev–Trinajstić information content (AvgIpc) is 2.63. The predicted octanol–water partition coefficient (Wildman–Crippen LogP) is 3.18. The molecule has 0 heterocycles. The summed E-state index contributed by atoms with van der Waals surface area (Å²) in [6.07, 6.45) is -0.597. The normalized spacial score (nSPS) is 11.1. The Morgan fingerprint density at radius 1 is 1.00 bits per heavy atom. The quantitative estimate of drug-likeness (QED) is 0.496. The number of rotatable bonds is 9. The van der Waals surface area contributed by atoms with Gasteiger partial charge in [-0.15, -0.1) is 0 Å². The first kappa shape index (κ1) is 21.3. The highest BCUT2D eigenvalue weighted by atomic mass is 32.2. The molecule has 0 aliphatic rings. The summed E-state index contributed by atoms with van der Waals surface area (Å²) in [5, 5.41) is 8.65. The van der Waals surface area contributed by atoms with Crippen LogP contribution in [0.5, 0.6) is 11.5 Å². The van der Waals surface area contributed by atoms with E-state index in [1.807, 2.05) is 0 Å². The fourth-order valence-corrected chi connectivity index (χ4v) is 3.13. The molecule has 1 N–H and O–H groups in total. The lowest BCUT2D eigenvalue weighted by molar-refractivity contribution is -0.136. The van der Waals surface area contributed by atoms with Crippen molar-refractivity contribution in [2.24, 2.45) is 0 Å². The minimum Gasteiger partial charge on any atom is -0.490 e. The van der Waals surface area contributed by atoms with E-state index in [-0.39, 0.29) is 36.5 Å². The monoisotopic (exact) mass is 414 g/mol. The van der Waals surface area contributed by atoms with E-state index >= 15 is 0 Å². The third-order valence-corrected chi connectivity index (χ3v) is 4.74. The van der Waals surface area contributed by atoms with Crippen LogP contribution in [0.4, 0.5) is 8.78 Å². The van der Waals surface area contributed by atoms with Gasteiger partial charge in [0.15, 0.2) is 28.9 Å². The van der Waals surface area contributed by atoms with E-state index in [4.69, 9.17) is 14.0 Å². The Kier molecular flexibility index (Phi) is 6.68. The molecule has 2 rings (SSSR count). The second kappa shape index (κ2) is 8.79. The molecule has 0 amide bonds. The van der Waals surface area contributed by atoms with Gasteiger partial charge in [-0.2, -0.15) is 8.42 Å². The first-order valence-corrected chi connectivity index (χ1v) is 9.46. The summed E-state index contributed by atoms with van der Waals surface area (Å²) < 4.78 is 61.2. The summed E-state index contributed by atoms with van der Waals surface area (Å²) in [5.74, 6) is -4.50. The van der Waals surface area contributed by atoms with Gasteiger partial charge in [-0.3, -0.25) is 9.59 Å². The number of carbonyl (C=O) groups is 2. The Bertz CT molecular complexity index is 1000. The number of ether oxygens (including phenoxy) is 1. The van der Waals surface area contributed by atoms with Gasteiger partial charge < -0.3 is 14.0 Å². The molecule has 0 unspecified atom stereocenters. The zero-order chi connectivity index (χ0) is 20.9. The molecule has 0 saturated heterocycles. The molecule has 0 radical (unpaired) electrons. The molecule has 0 aromatic heterocycles. The van der Waals surface area contributed by atoms with Crippen molar-refractivity contribution in [3.05, 3.63) is 53.6 Å². The van der Waals surface area contributed by atoms with Crippen molar-refractivity contribution in [3.63, 3.8) is 0 Å². The Morgan fingerprint density at radius 2 is 1.71 bits per heavy atom. The summed E-state index contributed by atoms with van der Waals surface area (Å²) >= 11 is 0. The van der Waals surface area contributed by atoms with Crippen LogP contribution >= 0.6 is 0 Å². The Labute approximate surface area is 159 Å². The molecule has 0 bridgehead atoms. The number of benzene rings is 2. The van der Waals surface area contributed by atoms with E-state index in [1.165, 1.54) is 12.1 Å². The molecular weight excluding hydrogens is 398 g/mol. The maximum Gasteiger partial charge on any atom is 0.339 e. The summed E-state index contributed by atoms with van der Waals surface area (Å²) in [7, 11) is -4.50. The van der Waals surface area contributed by atoms with Crippen molar-refractivity contribution >= 4 is 21.9 Å². The van der Waals surface area contributed by atoms with Crippen molar-refractivity contribution in [2.75, 3.05) is 6.61 Å². The second-order valence-electron chi connectivity index (χ2n) is 5.52. The molecule has 2 aromatic carbocycles. The summed E-state index contributed by atoms with van der Waals surface area (Å²) in [4.78, 5) is 22.0. The maximum atomic E-state index is 13.3. The fraction of sp³-hybridized carbons (Fsp3) is 0.222. The van der Waals surface area contributed by atoms with E-state index in [0.29, 0.717) is 12.1 Å². The van der Waals surface area contributed by atoms with Crippen LogP contribution in [-0.2, 0) is 14.9 Å². The predicted molar refractivity (Wildman–Crippen MR) is 93.0 cm³/mol. The lowest BCUT2D eigenvalue weighted by atomic mass is 10.1. The number of Topliss-reactive ketones (excluding diaryl/α,β-unsaturated/α-hetero) is 1. The number of ketones is 1. The first-order chi connectivity index (χ1) is 13.1. The van der Waals surface area contributed by atoms with Crippen LogP contribution in [0.15, 0.2) is 41.3 Å². The molecule has 0 spiro atoms. The number of hydrogen-bond donors (Lipinski definition) is 1. The number of carboxylic acid groups (broad SMARTS) is 1. The number of carbonyl (C=O) groups excluding carboxylic acids is 1. The summed E-state index contributed by atoms with van der Waals surface area (Å²) in [6.45, 7) is 1.74. The van der Waals surface area contributed by atoms with E-state index < -0.39 is 38.4 Å². The minimum atomic E-state index is -4.50. The number of carboxylic acids is 1. The molecule has 28 heavy (non-hydrogen) atoms. The fourth-order valence-electron chi connectivity index (χ4n) is 2.18. The molecule has 0 aliphatic carbocycles. The van der Waals surface area contributed by atoms with Crippen molar-refractivity contribution < 1.29 is 40.8 Å². The standard InChI is InChI=1S/C18H16F2O7S/c1-2-26-17-9-11(15(21)6-8-18(22)23)3-7-16(17)27-28(24,25)12-4-5-13(19)14(20)10-12/h3-5,7,9-10H,2,6,8H2,1H3,(H,22,23). The van der Waals surface area contributed by atoms with Gasteiger partial charge in [0.1, 0.15) is 4.90 Å². The van der Waals surface area contributed by atoms with Crippen LogP contribution in [-0.4, -0.2) is 31.9 Å². The van der Waals surface area contributed by atoms with Crippen LogP contribution in [0.25, 0.3) is 0 Å². The van der Waals surface area contributed by atoms with Crippen molar-refractivity contribution in [1.29, 1.82) is 0 Å². The van der Waals surface area contributed by atoms with E-state index in [2.05, 4.69) is 0 Å². The van der Waals surface area contributed by atoms with Crippen LogP contribution in [0, 0.1) is 11.6 Å². The maximum absolute atomic E-state index is 13.3. The molecular formula is C18H16F2O7S. The molecule has 0 saturated carbocycles. The zero-order valence-electron chi connectivity index (χ0n) is 14.6. The lowest BCUT2D eigenvalue weighted by Crippen LogP contribution is -2.12. The molecule has 0 atom stereocenters. The molecule has 2 aromatic rings. The van der Waals surface area contributed by atoms with Gasteiger partial charge >= 0.3 is 16.1 Å². The Hall–Kier alpha value is -3.01. The number of halogens is 2. The van der Waals surface area contributed by atoms with Crippen LogP contribution in [0.2, 0.25) is 0 Å². The number of aliphatic carboxylic acids is 1. The summed E-state index contributed by atoms with van der Waals surface area (Å²) in [6, 6.07) is 5.62.